The fourth-order valence-corrected chi connectivity index (χ4v) is 13.7. The van der Waals surface area contributed by atoms with Crippen molar-refractivity contribution in [3.8, 4) is 0 Å². The van der Waals surface area contributed by atoms with E-state index in [0.717, 1.165) is 52.9 Å². The number of ether oxygens (including phenoxy) is 4. The van der Waals surface area contributed by atoms with Crippen LogP contribution in [0.3, 0.4) is 0 Å². The number of hydrogen-bond donors (Lipinski definition) is 0. The summed E-state index contributed by atoms with van der Waals surface area (Å²) in [6.07, 6.45) is 10.2. The Morgan fingerprint density at radius 1 is 0.233 bits per heavy atom. The van der Waals surface area contributed by atoms with Crippen LogP contribution in [0.25, 0.3) is 19.9 Å². The molecule has 90 heavy (non-hydrogen) atoms. The van der Waals surface area contributed by atoms with Crippen molar-refractivity contribution in [3.63, 3.8) is 0 Å². The summed E-state index contributed by atoms with van der Waals surface area (Å²) in [5, 5.41) is 0. The molecule has 504 valence electrons. The van der Waals surface area contributed by atoms with Gasteiger partial charge in [0.05, 0.1) is 0 Å². The van der Waals surface area contributed by atoms with E-state index in [-0.39, 0.29) is 91.0 Å². The van der Waals surface area contributed by atoms with Crippen LogP contribution < -0.4 is 0 Å². The maximum absolute atomic E-state index is 5.07. The van der Waals surface area contributed by atoms with Gasteiger partial charge in [-0.15, -0.1) is 22.7 Å². The molecule has 0 atom stereocenters. The largest absolute Gasteiger partial charge is 2.00 e. The standard InChI is InChI=1S/4C15H26NSi.4C4H8O.2Sr/c4*1-11(2)13-9-8-10-14(12(3)4)15(13)16-17(5,6)7;4*1-2-4-5-3-1;;/h4*8-12H,1-7H3;4*1-4H2;;/q4*-1;;;;;2*+2. The molecule has 4 heterocycles. The summed E-state index contributed by atoms with van der Waals surface area (Å²) >= 11 is 0. The van der Waals surface area contributed by atoms with E-state index in [0.29, 0.717) is 47.3 Å². The fourth-order valence-electron chi connectivity index (χ4n) is 9.95. The van der Waals surface area contributed by atoms with Crippen LogP contribution in [0, 0.1) is 0 Å². The first-order chi connectivity index (χ1) is 40.9. The quantitative estimate of drug-likeness (QED) is 0.104. The van der Waals surface area contributed by atoms with E-state index in [9.17, 15) is 0 Å². The van der Waals surface area contributed by atoms with Gasteiger partial charge in [0.1, 0.15) is 0 Å². The number of nitrogens with zero attached hydrogens (tertiary/aromatic N) is 4. The Balaban J connectivity index is 0. The van der Waals surface area contributed by atoms with Crippen molar-refractivity contribution in [2.45, 2.75) is 288 Å². The molecule has 0 saturated carbocycles. The molecule has 4 saturated heterocycles. The van der Waals surface area contributed by atoms with Gasteiger partial charge in [0, 0.05) is 52.9 Å². The zero-order valence-corrected chi connectivity index (χ0v) is 74.6. The van der Waals surface area contributed by atoms with Crippen LogP contribution in [-0.4, -0.2) is 177 Å². The minimum Gasteiger partial charge on any atom is -0.687 e. The van der Waals surface area contributed by atoms with E-state index in [1.165, 1.54) is 119 Å². The first-order valence-electron chi connectivity index (χ1n) is 34.6. The van der Waals surface area contributed by atoms with Crippen LogP contribution >= 0.6 is 0 Å². The molecule has 0 N–H and O–H groups in total. The van der Waals surface area contributed by atoms with Crippen molar-refractivity contribution < 1.29 is 18.9 Å². The van der Waals surface area contributed by atoms with Gasteiger partial charge in [0.15, 0.2) is 0 Å². The van der Waals surface area contributed by atoms with Gasteiger partial charge in [-0.3, -0.25) is 0 Å². The van der Waals surface area contributed by atoms with Crippen LogP contribution in [0.15, 0.2) is 72.8 Å². The molecule has 0 amide bonds. The van der Waals surface area contributed by atoms with Gasteiger partial charge in [-0.2, -0.15) is 0 Å². The maximum Gasteiger partial charge on any atom is 2.00 e. The van der Waals surface area contributed by atoms with Gasteiger partial charge in [0.25, 0.3) is 0 Å². The fraction of sp³-hybridized carbons (Fsp3) is 0.684. The average Bonchev–Trinajstić information content (AvgIpc) is 4.37. The Bertz CT molecular complexity index is 2000. The normalized spacial score (nSPS) is 14.6. The summed E-state index contributed by atoms with van der Waals surface area (Å²) in [4.78, 5) is 20.3. The van der Waals surface area contributed by atoms with E-state index in [1.807, 2.05) is 0 Å². The van der Waals surface area contributed by atoms with Gasteiger partial charge < -0.3 is 38.9 Å². The summed E-state index contributed by atoms with van der Waals surface area (Å²) < 4.78 is 19.8. The summed E-state index contributed by atoms with van der Waals surface area (Å²) in [7, 11) is -5.71. The second-order valence-corrected chi connectivity index (χ2v) is 49.0. The zero-order chi connectivity index (χ0) is 67.0. The molecule has 0 unspecified atom stereocenters. The minimum atomic E-state index is -1.43. The molecular formula is C76H136N4O4Si4Sr2. The molecule has 4 fully saturated rings. The third-order valence-electron chi connectivity index (χ3n) is 14.5. The number of hydrogen-bond acceptors (Lipinski definition) is 4. The molecule has 0 bridgehead atoms. The molecule has 4 aromatic carbocycles. The van der Waals surface area contributed by atoms with E-state index in [1.54, 1.807) is 0 Å². The van der Waals surface area contributed by atoms with Crippen molar-refractivity contribution in [1.82, 2.24) is 0 Å². The first-order valence-corrected chi connectivity index (χ1v) is 48.4. The van der Waals surface area contributed by atoms with Crippen molar-refractivity contribution in [1.29, 1.82) is 0 Å². The summed E-state index contributed by atoms with van der Waals surface area (Å²) in [5.41, 5.74) is 16.3. The smallest absolute Gasteiger partial charge is 0.687 e. The van der Waals surface area contributed by atoms with Crippen LogP contribution in [-0.2, 0) is 18.9 Å². The zero-order valence-electron chi connectivity index (χ0n) is 63.7. The molecular weight excluding hydrogens is 1320 g/mol. The van der Waals surface area contributed by atoms with Crippen LogP contribution in [0.4, 0.5) is 22.7 Å². The van der Waals surface area contributed by atoms with Crippen LogP contribution in [0.1, 0.15) is 254 Å². The van der Waals surface area contributed by atoms with E-state index in [2.05, 4.69) is 262 Å². The molecule has 8 nitrogen and oxygen atoms in total. The second-order valence-electron chi connectivity index (χ2n) is 30.8. The Hall–Kier alpha value is -0.251. The summed E-state index contributed by atoms with van der Waals surface area (Å²) in [5.74, 6) is 4.36. The van der Waals surface area contributed by atoms with E-state index in [4.69, 9.17) is 38.9 Å². The average molecular weight is 1460 g/mol. The predicted octanol–water partition coefficient (Wildman–Crippen LogP) is 25.5. The van der Waals surface area contributed by atoms with Gasteiger partial charge in [-0.25, -0.2) is 0 Å². The van der Waals surface area contributed by atoms with Crippen molar-refractivity contribution in [3.05, 3.63) is 137 Å². The molecule has 0 radical (unpaired) electrons. The Labute approximate surface area is 636 Å². The molecule has 0 spiro atoms. The number of benzene rings is 4. The molecule has 4 aromatic rings. The van der Waals surface area contributed by atoms with E-state index >= 15 is 0 Å². The Kier molecular flexibility index (Phi) is 48.6. The van der Waals surface area contributed by atoms with Gasteiger partial charge in [-0.1, -0.05) is 307 Å². The van der Waals surface area contributed by atoms with Crippen molar-refractivity contribution >= 4 is 147 Å². The SMILES string of the molecule is C1CCOC1.C1CCOC1.C1CCOC1.C1CCOC1.CC(C)c1cccc(C(C)C)c1[N-][Si](C)(C)C.CC(C)c1cccc(C(C)C)c1[N-][Si](C)(C)C.CC(C)c1cccc(C(C)C)c1[N-][Si](C)(C)C.CC(C)c1cccc(C(C)C)c1[N-][Si](C)(C)C.[Sr+2].[Sr+2]. The molecule has 4 aliphatic heterocycles. The molecule has 8 rings (SSSR count). The third kappa shape index (κ3) is 40.5. The van der Waals surface area contributed by atoms with Gasteiger partial charge >= 0.3 is 91.0 Å². The van der Waals surface area contributed by atoms with Crippen LogP contribution in [0.5, 0.6) is 0 Å². The van der Waals surface area contributed by atoms with Gasteiger partial charge in [-0.05, 0) is 132 Å². The maximum atomic E-state index is 5.07. The minimum absolute atomic E-state index is 0. The second kappa shape index (κ2) is 47.7. The summed E-state index contributed by atoms with van der Waals surface area (Å²) in [6.45, 7) is 71.6. The molecule has 0 aromatic heterocycles. The predicted molar refractivity (Wildman–Crippen MR) is 416 cm³/mol. The van der Waals surface area contributed by atoms with Crippen molar-refractivity contribution in [2.24, 2.45) is 0 Å². The third-order valence-corrected chi connectivity index (χ3v) is 18.0. The topological polar surface area (TPSA) is 93.3 Å². The first kappa shape index (κ1) is 91.8. The summed E-state index contributed by atoms with van der Waals surface area (Å²) in [6, 6.07) is 26.6. The number of rotatable bonds is 16. The van der Waals surface area contributed by atoms with E-state index < -0.39 is 32.9 Å². The Morgan fingerprint density at radius 2 is 0.344 bits per heavy atom. The van der Waals surface area contributed by atoms with Gasteiger partial charge in [0.2, 0.25) is 0 Å². The molecule has 4 aliphatic rings. The molecule has 14 heteroatoms. The molecule has 0 aliphatic carbocycles. The monoisotopic (exact) mass is 1460 g/mol. The Morgan fingerprint density at radius 3 is 0.411 bits per heavy atom. The van der Waals surface area contributed by atoms with Crippen molar-refractivity contribution in [2.75, 3.05) is 52.9 Å². The van der Waals surface area contributed by atoms with Crippen LogP contribution in [0.2, 0.25) is 78.6 Å².